The molecule has 2 rings (SSSR count). The van der Waals surface area contributed by atoms with Crippen molar-refractivity contribution < 1.29 is 4.79 Å². The van der Waals surface area contributed by atoms with Crippen LogP contribution in [0.3, 0.4) is 0 Å². The second-order valence-electron chi connectivity index (χ2n) is 3.95. The molecule has 1 aliphatic rings. The molecule has 1 heterocycles. The highest BCUT2D eigenvalue weighted by atomic mass is 35.5. The maximum Gasteiger partial charge on any atom is 0.251 e. The molecule has 0 bridgehead atoms. The molecule has 0 saturated heterocycles. The molecule has 0 radical (unpaired) electrons. The molecule has 1 aromatic heterocycles. The van der Waals surface area contributed by atoms with E-state index in [1.165, 1.54) is 16.2 Å². The van der Waals surface area contributed by atoms with E-state index in [2.05, 4.69) is 0 Å². The van der Waals surface area contributed by atoms with E-state index in [0.717, 1.165) is 18.5 Å². The van der Waals surface area contributed by atoms with Gasteiger partial charge in [-0.1, -0.05) is 23.2 Å². The zero-order valence-electron chi connectivity index (χ0n) is 9.08. The normalized spacial score (nSPS) is 15.9. The zero-order valence-corrected chi connectivity index (χ0v) is 10.6. The molecule has 0 amide bonds. The number of allylic oxidation sites excluding steroid dienone is 1. The number of hydrogen-bond donors (Lipinski definition) is 0. The van der Waals surface area contributed by atoms with Crippen LogP contribution in [0.5, 0.6) is 0 Å². The molecular formula is C12H11Cl2NO2. The number of ketones is 1. The van der Waals surface area contributed by atoms with Gasteiger partial charge in [0.15, 0.2) is 5.78 Å². The summed E-state index contributed by atoms with van der Waals surface area (Å²) in [6, 6.07) is 3.01. The minimum Gasteiger partial charge on any atom is -0.307 e. The second-order valence-corrected chi connectivity index (χ2v) is 4.65. The number of aromatic nitrogens is 1. The third-order valence-electron chi connectivity index (χ3n) is 2.84. The second kappa shape index (κ2) is 5.07. The minimum atomic E-state index is -0.157. The standard InChI is InChI=1S/C12H11Cl2NO2/c13-6-8(14)7-15-10-2-1-3-11(16)9(10)4-5-12(15)17/h4-6H,1-3,7H2/b8-6+. The van der Waals surface area contributed by atoms with Gasteiger partial charge in [0.1, 0.15) is 0 Å². The van der Waals surface area contributed by atoms with E-state index in [4.69, 9.17) is 23.2 Å². The molecule has 1 aliphatic carbocycles. The van der Waals surface area contributed by atoms with Crippen LogP contribution < -0.4 is 5.56 Å². The topological polar surface area (TPSA) is 39.1 Å². The molecule has 0 fully saturated rings. The summed E-state index contributed by atoms with van der Waals surface area (Å²) in [6.07, 6.45) is 2.05. The van der Waals surface area contributed by atoms with Crippen molar-refractivity contribution in [1.29, 1.82) is 0 Å². The van der Waals surface area contributed by atoms with Gasteiger partial charge in [-0.25, -0.2) is 0 Å². The van der Waals surface area contributed by atoms with Gasteiger partial charge in [-0.2, -0.15) is 0 Å². The molecule has 1 aromatic rings. The Balaban J connectivity index is 2.54. The Kier molecular flexibility index (Phi) is 3.69. The van der Waals surface area contributed by atoms with Crippen molar-refractivity contribution in [3.63, 3.8) is 0 Å². The van der Waals surface area contributed by atoms with E-state index < -0.39 is 0 Å². The Hall–Kier alpha value is -1.06. The van der Waals surface area contributed by atoms with Gasteiger partial charge >= 0.3 is 0 Å². The van der Waals surface area contributed by atoms with Crippen LogP contribution in [0.1, 0.15) is 28.9 Å². The fraction of sp³-hybridized carbons (Fsp3) is 0.333. The Morgan fingerprint density at radius 2 is 2.12 bits per heavy atom. The largest absolute Gasteiger partial charge is 0.307 e. The van der Waals surface area contributed by atoms with E-state index in [-0.39, 0.29) is 17.9 Å². The lowest BCUT2D eigenvalue weighted by Crippen LogP contribution is -2.28. The molecule has 3 nitrogen and oxygen atoms in total. The highest BCUT2D eigenvalue weighted by Gasteiger charge is 2.20. The van der Waals surface area contributed by atoms with Crippen LogP contribution in [0.25, 0.3) is 0 Å². The highest BCUT2D eigenvalue weighted by Crippen LogP contribution is 2.20. The van der Waals surface area contributed by atoms with Crippen molar-refractivity contribution in [2.24, 2.45) is 0 Å². The first-order valence-corrected chi connectivity index (χ1v) is 6.15. The SMILES string of the molecule is O=C1CCCc2c1ccc(=O)n2C/C(Cl)=C\Cl. The number of fused-ring (bicyclic) bond motifs is 1. The molecule has 0 atom stereocenters. The maximum atomic E-state index is 11.8. The Morgan fingerprint density at radius 3 is 2.82 bits per heavy atom. The molecule has 5 heteroatoms. The fourth-order valence-corrected chi connectivity index (χ4v) is 2.24. The number of Topliss-reactive ketones (excluding diaryl/α,β-unsaturated/α-hetero) is 1. The Labute approximate surface area is 109 Å². The number of nitrogens with zero attached hydrogens (tertiary/aromatic N) is 1. The van der Waals surface area contributed by atoms with Crippen LogP contribution in [0, 0.1) is 0 Å². The van der Waals surface area contributed by atoms with Crippen LogP contribution in [0.4, 0.5) is 0 Å². The lowest BCUT2D eigenvalue weighted by atomic mass is 9.94. The van der Waals surface area contributed by atoms with Gasteiger partial charge in [0.2, 0.25) is 0 Å². The van der Waals surface area contributed by atoms with Crippen LogP contribution in [0.2, 0.25) is 0 Å². The number of carbonyl (C=O) groups excluding carboxylic acids is 1. The summed E-state index contributed by atoms with van der Waals surface area (Å²) in [7, 11) is 0. The van der Waals surface area contributed by atoms with E-state index in [1.54, 1.807) is 6.07 Å². The lowest BCUT2D eigenvalue weighted by molar-refractivity contribution is 0.0970. The maximum absolute atomic E-state index is 11.8. The monoisotopic (exact) mass is 271 g/mol. The van der Waals surface area contributed by atoms with Crippen molar-refractivity contribution in [3.8, 4) is 0 Å². The van der Waals surface area contributed by atoms with Gasteiger partial charge in [-0.3, -0.25) is 9.59 Å². The number of halogens is 2. The predicted octanol–water partition coefficient (Wildman–Crippen LogP) is 2.69. The molecule has 0 unspecified atom stereocenters. The smallest absolute Gasteiger partial charge is 0.251 e. The van der Waals surface area contributed by atoms with Crippen molar-refractivity contribution >= 4 is 29.0 Å². The quantitative estimate of drug-likeness (QED) is 0.830. The van der Waals surface area contributed by atoms with Gasteiger partial charge in [0, 0.05) is 34.3 Å². The molecule has 0 N–H and O–H groups in total. The van der Waals surface area contributed by atoms with Gasteiger partial charge in [0.25, 0.3) is 5.56 Å². The molecular weight excluding hydrogens is 261 g/mol. The van der Waals surface area contributed by atoms with Crippen LogP contribution >= 0.6 is 23.2 Å². The average Bonchev–Trinajstić information content (AvgIpc) is 2.33. The van der Waals surface area contributed by atoms with E-state index in [9.17, 15) is 9.59 Å². The van der Waals surface area contributed by atoms with E-state index in [0.29, 0.717) is 17.0 Å². The number of rotatable bonds is 2. The molecule has 0 saturated carbocycles. The van der Waals surface area contributed by atoms with Crippen LogP contribution in [-0.2, 0) is 13.0 Å². The third-order valence-corrected chi connectivity index (χ3v) is 3.44. The summed E-state index contributed by atoms with van der Waals surface area (Å²) in [5.41, 5.74) is 2.48. The predicted molar refractivity (Wildman–Crippen MR) is 67.8 cm³/mol. The van der Waals surface area contributed by atoms with Gasteiger partial charge in [0.05, 0.1) is 6.54 Å². The van der Waals surface area contributed by atoms with Crippen LogP contribution in [0.15, 0.2) is 27.5 Å². The molecule has 0 aromatic carbocycles. The minimum absolute atomic E-state index is 0.0889. The van der Waals surface area contributed by atoms with Crippen molar-refractivity contribution in [2.45, 2.75) is 25.8 Å². The van der Waals surface area contributed by atoms with Gasteiger partial charge in [-0.15, -0.1) is 0 Å². The average molecular weight is 272 g/mol. The fourth-order valence-electron chi connectivity index (χ4n) is 2.05. The first-order chi connectivity index (χ1) is 8.13. The third kappa shape index (κ3) is 2.45. The Bertz CT molecular complexity index is 546. The van der Waals surface area contributed by atoms with Gasteiger partial charge in [-0.05, 0) is 18.9 Å². The summed E-state index contributed by atoms with van der Waals surface area (Å²) in [5, 5.41) is 0.375. The highest BCUT2D eigenvalue weighted by molar-refractivity contribution is 6.36. The van der Waals surface area contributed by atoms with Crippen LogP contribution in [-0.4, -0.2) is 10.4 Å². The molecule has 0 spiro atoms. The first kappa shape index (κ1) is 12.4. The summed E-state index contributed by atoms with van der Waals surface area (Å²) >= 11 is 11.3. The Morgan fingerprint density at radius 1 is 1.35 bits per heavy atom. The summed E-state index contributed by atoms with van der Waals surface area (Å²) < 4.78 is 1.52. The summed E-state index contributed by atoms with van der Waals surface area (Å²) in [6.45, 7) is 0.223. The van der Waals surface area contributed by atoms with E-state index in [1.807, 2.05) is 0 Å². The molecule has 17 heavy (non-hydrogen) atoms. The molecule has 0 aliphatic heterocycles. The molecule has 90 valence electrons. The lowest BCUT2D eigenvalue weighted by Gasteiger charge is -2.19. The van der Waals surface area contributed by atoms with E-state index >= 15 is 0 Å². The summed E-state index contributed by atoms with van der Waals surface area (Å²) in [5.74, 6) is 0.0889. The van der Waals surface area contributed by atoms with Crippen molar-refractivity contribution in [1.82, 2.24) is 4.57 Å². The first-order valence-electron chi connectivity index (χ1n) is 5.34. The number of hydrogen-bond acceptors (Lipinski definition) is 2. The van der Waals surface area contributed by atoms with Crippen molar-refractivity contribution in [2.75, 3.05) is 0 Å². The number of carbonyl (C=O) groups is 1. The van der Waals surface area contributed by atoms with Gasteiger partial charge < -0.3 is 4.57 Å². The number of pyridine rings is 1. The van der Waals surface area contributed by atoms with Crippen molar-refractivity contribution in [3.05, 3.63) is 44.3 Å². The summed E-state index contributed by atoms with van der Waals surface area (Å²) in [4.78, 5) is 23.5. The zero-order chi connectivity index (χ0) is 12.4.